The fourth-order valence-electron chi connectivity index (χ4n) is 1.90. The molecular formula is C10H14BrN3O2. The van der Waals surface area contributed by atoms with Crippen molar-refractivity contribution in [3.63, 3.8) is 0 Å². The van der Waals surface area contributed by atoms with Crippen LogP contribution < -0.4 is 10.9 Å². The maximum absolute atomic E-state index is 11.3. The Hall–Kier alpha value is -0.880. The van der Waals surface area contributed by atoms with Crippen LogP contribution in [0.2, 0.25) is 0 Å². The lowest BCUT2D eigenvalue weighted by molar-refractivity contribution is 0.126. The number of aliphatic hydroxyl groups is 1. The summed E-state index contributed by atoms with van der Waals surface area (Å²) in [6, 6.07) is 0.286. The van der Waals surface area contributed by atoms with E-state index >= 15 is 0 Å². The van der Waals surface area contributed by atoms with Crippen LogP contribution in [0.1, 0.15) is 25.7 Å². The number of nitrogens with zero attached hydrogens (tertiary/aromatic N) is 1. The molecule has 0 amide bonds. The van der Waals surface area contributed by atoms with E-state index in [4.69, 9.17) is 0 Å². The molecule has 6 heteroatoms. The quantitative estimate of drug-likeness (QED) is 0.765. The molecule has 5 nitrogen and oxygen atoms in total. The molecule has 0 unspecified atom stereocenters. The Balaban J connectivity index is 2.04. The second-order valence-electron chi connectivity index (χ2n) is 4.04. The molecule has 3 N–H and O–H groups in total. The first-order chi connectivity index (χ1) is 7.66. The first kappa shape index (κ1) is 11.6. The average molecular weight is 288 g/mol. The number of aromatic nitrogens is 2. The smallest absolute Gasteiger partial charge is 0.267 e. The topological polar surface area (TPSA) is 78.0 Å². The van der Waals surface area contributed by atoms with Gasteiger partial charge in [-0.25, -0.2) is 4.98 Å². The Morgan fingerprint density at radius 2 is 2.12 bits per heavy atom. The monoisotopic (exact) mass is 287 g/mol. The minimum Gasteiger partial charge on any atom is -0.393 e. The zero-order valence-electron chi connectivity index (χ0n) is 8.74. The predicted octanol–water partition coefficient (Wildman–Crippen LogP) is 1.25. The van der Waals surface area contributed by atoms with Crippen molar-refractivity contribution in [2.45, 2.75) is 37.8 Å². The number of hydrogen-bond acceptors (Lipinski definition) is 4. The van der Waals surface area contributed by atoms with Gasteiger partial charge < -0.3 is 15.4 Å². The van der Waals surface area contributed by atoms with E-state index in [2.05, 4.69) is 31.2 Å². The van der Waals surface area contributed by atoms with E-state index in [-0.39, 0.29) is 17.7 Å². The SMILES string of the molecule is O=c1[nH]cnc(NC2CCC(O)CC2)c1Br. The first-order valence-electron chi connectivity index (χ1n) is 5.34. The Kier molecular flexibility index (Phi) is 3.60. The van der Waals surface area contributed by atoms with Crippen molar-refractivity contribution in [1.29, 1.82) is 0 Å². The number of hydrogen-bond donors (Lipinski definition) is 3. The van der Waals surface area contributed by atoms with Gasteiger partial charge in [0.25, 0.3) is 5.56 Å². The minimum atomic E-state index is -0.187. The lowest BCUT2D eigenvalue weighted by atomic mass is 9.93. The highest BCUT2D eigenvalue weighted by Gasteiger charge is 2.20. The van der Waals surface area contributed by atoms with E-state index in [1.54, 1.807) is 0 Å². The van der Waals surface area contributed by atoms with Gasteiger partial charge in [0.1, 0.15) is 10.3 Å². The number of nitrogens with one attached hydrogen (secondary N) is 2. The molecule has 1 aromatic heterocycles. The fourth-order valence-corrected chi connectivity index (χ4v) is 2.23. The summed E-state index contributed by atoms with van der Waals surface area (Å²) in [4.78, 5) is 17.9. The fraction of sp³-hybridized carbons (Fsp3) is 0.600. The van der Waals surface area contributed by atoms with Crippen LogP contribution in [-0.2, 0) is 0 Å². The molecule has 0 atom stereocenters. The molecule has 1 aromatic rings. The van der Waals surface area contributed by atoms with Gasteiger partial charge in [-0.15, -0.1) is 0 Å². The van der Waals surface area contributed by atoms with Crippen molar-refractivity contribution < 1.29 is 5.11 Å². The Morgan fingerprint density at radius 1 is 1.44 bits per heavy atom. The van der Waals surface area contributed by atoms with Crippen LogP contribution in [-0.4, -0.2) is 27.2 Å². The molecule has 0 spiro atoms. The second-order valence-corrected chi connectivity index (χ2v) is 4.84. The van der Waals surface area contributed by atoms with Gasteiger partial charge >= 0.3 is 0 Å². The van der Waals surface area contributed by atoms with Gasteiger partial charge in [-0.1, -0.05) is 0 Å². The van der Waals surface area contributed by atoms with Crippen LogP contribution in [0.4, 0.5) is 5.82 Å². The number of halogens is 1. The van der Waals surface area contributed by atoms with Crippen molar-refractivity contribution in [2.75, 3.05) is 5.32 Å². The lowest BCUT2D eigenvalue weighted by Crippen LogP contribution is -2.29. The predicted molar refractivity (Wildman–Crippen MR) is 64.4 cm³/mol. The summed E-state index contributed by atoms with van der Waals surface area (Å²) in [5.74, 6) is 0.574. The molecule has 0 radical (unpaired) electrons. The molecule has 0 aliphatic heterocycles. The Bertz CT molecular complexity index is 413. The highest BCUT2D eigenvalue weighted by Crippen LogP contribution is 2.23. The van der Waals surface area contributed by atoms with Crippen molar-refractivity contribution in [1.82, 2.24) is 9.97 Å². The molecular weight excluding hydrogens is 274 g/mol. The number of anilines is 1. The lowest BCUT2D eigenvalue weighted by Gasteiger charge is -2.26. The van der Waals surface area contributed by atoms with Crippen molar-refractivity contribution in [2.24, 2.45) is 0 Å². The van der Waals surface area contributed by atoms with Gasteiger partial charge in [0.15, 0.2) is 0 Å². The molecule has 1 aliphatic carbocycles. The summed E-state index contributed by atoms with van der Waals surface area (Å²) in [5.41, 5.74) is -0.187. The number of H-pyrrole nitrogens is 1. The molecule has 16 heavy (non-hydrogen) atoms. The highest BCUT2D eigenvalue weighted by atomic mass is 79.9. The molecule has 88 valence electrons. The summed E-state index contributed by atoms with van der Waals surface area (Å²) in [7, 11) is 0. The van der Waals surface area contributed by atoms with E-state index in [1.165, 1.54) is 6.33 Å². The first-order valence-corrected chi connectivity index (χ1v) is 6.14. The van der Waals surface area contributed by atoms with Crippen LogP contribution in [0, 0.1) is 0 Å². The van der Waals surface area contributed by atoms with Gasteiger partial charge in [-0.3, -0.25) is 4.79 Å². The third-order valence-electron chi connectivity index (χ3n) is 2.83. The number of rotatable bonds is 2. The average Bonchev–Trinajstić information content (AvgIpc) is 2.28. The van der Waals surface area contributed by atoms with Gasteiger partial charge in [0.2, 0.25) is 0 Å². The minimum absolute atomic E-state index is 0.173. The van der Waals surface area contributed by atoms with Gasteiger partial charge in [-0.05, 0) is 41.6 Å². The molecule has 2 rings (SSSR count). The summed E-state index contributed by atoms with van der Waals surface area (Å²) >= 11 is 3.20. The van der Waals surface area contributed by atoms with Crippen molar-refractivity contribution >= 4 is 21.7 Å². The zero-order chi connectivity index (χ0) is 11.5. The van der Waals surface area contributed by atoms with Crippen LogP contribution in [0.15, 0.2) is 15.6 Å². The van der Waals surface area contributed by atoms with E-state index in [1.807, 2.05) is 0 Å². The number of aliphatic hydroxyl groups excluding tert-OH is 1. The molecule has 0 aromatic carbocycles. The van der Waals surface area contributed by atoms with Crippen molar-refractivity contribution in [3.05, 3.63) is 21.2 Å². The third kappa shape index (κ3) is 2.62. The van der Waals surface area contributed by atoms with E-state index < -0.39 is 0 Å². The standard InChI is InChI=1S/C10H14BrN3O2/c11-8-9(12-5-13-10(8)16)14-6-1-3-7(15)4-2-6/h5-7,15H,1-4H2,(H2,12,13,14,16). The normalized spacial score (nSPS) is 25.4. The summed E-state index contributed by atoms with van der Waals surface area (Å²) in [5, 5.41) is 12.6. The van der Waals surface area contributed by atoms with E-state index in [0.29, 0.717) is 10.3 Å². The second kappa shape index (κ2) is 4.97. The van der Waals surface area contributed by atoms with Gasteiger partial charge in [0.05, 0.1) is 12.4 Å². The molecule has 1 fully saturated rings. The summed E-state index contributed by atoms with van der Waals surface area (Å²) in [6.07, 6.45) is 4.63. The van der Waals surface area contributed by atoms with Crippen molar-refractivity contribution in [3.8, 4) is 0 Å². The van der Waals surface area contributed by atoms with Crippen LogP contribution in [0.3, 0.4) is 0 Å². The summed E-state index contributed by atoms with van der Waals surface area (Å²) < 4.78 is 0.432. The zero-order valence-corrected chi connectivity index (χ0v) is 10.3. The van der Waals surface area contributed by atoms with Gasteiger partial charge in [-0.2, -0.15) is 0 Å². The molecule has 0 saturated heterocycles. The van der Waals surface area contributed by atoms with Crippen LogP contribution in [0.5, 0.6) is 0 Å². The van der Waals surface area contributed by atoms with Crippen LogP contribution in [0.25, 0.3) is 0 Å². The summed E-state index contributed by atoms with van der Waals surface area (Å²) in [6.45, 7) is 0. The molecule has 0 bridgehead atoms. The molecule has 1 heterocycles. The van der Waals surface area contributed by atoms with Crippen LogP contribution >= 0.6 is 15.9 Å². The maximum Gasteiger partial charge on any atom is 0.267 e. The maximum atomic E-state index is 11.3. The Labute approximate surface area is 101 Å². The molecule has 1 aliphatic rings. The molecule has 1 saturated carbocycles. The van der Waals surface area contributed by atoms with Gasteiger partial charge in [0, 0.05) is 6.04 Å². The number of aromatic amines is 1. The van der Waals surface area contributed by atoms with E-state index in [0.717, 1.165) is 25.7 Å². The highest BCUT2D eigenvalue weighted by molar-refractivity contribution is 9.10. The van der Waals surface area contributed by atoms with E-state index in [9.17, 15) is 9.90 Å². The Morgan fingerprint density at radius 3 is 2.81 bits per heavy atom. The largest absolute Gasteiger partial charge is 0.393 e. The third-order valence-corrected chi connectivity index (χ3v) is 3.57.